The number of phenolic OH excluding ortho intramolecular Hbond substituents is 3. The van der Waals surface area contributed by atoms with E-state index in [0.717, 1.165) is 212 Å². The second-order valence-electron chi connectivity index (χ2n) is 35.4. The summed E-state index contributed by atoms with van der Waals surface area (Å²) in [5.74, 6) is 1.40. The van der Waals surface area contributed by atoms with Crippen LogP contribution in [0.2, 0.25) is 0 Å². The number of aromatic nitrogens is 6. The number of rotatable bonds is 30. The third-order valence-electron chi connectivity index (χ3n) is 26.0. The van der Waals surface area contributed by atoms with E-state index in [2.05, 4.69) is 222 Å². The molecule has 0 saturated carbocycles. The number of phenols is 3. The van der Waals surface area contributed by atoms with Crippen molar-refractivity contribution in [2.24, 2.45) is 0 Å². The number of para-hydroxylation sites is 3. The van der Waals surface area contributed by atoms with Gasteiger partial charge >= 0.3 is 0 Å². The Hall–Kier alpha value is -11.4. The van der Waals surface area contributed by atoms with Gasteiger partial charge in [-0.25, -0.2) is 15.0 Å². The molecular formula is C115H114F2N9O3Pt3-3. The van der Waals surface area contributed by atoms with Crippen molar-refractivity contribution < 1.29 is 87.3 Å². The fraction of sp³-hybridized carbons (Fsp3) is 0.270. The fourth-order valence-corrected chi connectivity index (χ4v) is 19.6. The van der Waals surface area contributed by atoms with E-state index in [9.17, 15) is 15.3 Å². The Balaban J connectivity index is 0.000000167. The number of pyridine rings is 6. The number of nitrogens with zero attached hydrogens (tertiary/aromatic N) is 9. The van der Waals surface area contributed by atoms with Gasteiger partial charge in [-0.3, -0.25) is 23.7 Å². The van der Waals surface area contributed by atoms with Gasteiger partial charge in [0.2, 0.25) is 0 Å². The van der Waals surface area contributed by atoms with Crippen molar-refractivity contribution in [2.45, 2.75) is 200 Å². The first kappa shape index (κ1) is 98.1. The molecule has 3 aliphatic rings. The third kappa shape index (κ3) is 19.8. The van der Waals surface area contributed by atoms with Gasteiger partial charge in [-0.15, -0.1) is 65.7 Å². The number of aromatic hydroxyl groups is 3. The van der Waals surface area contributed by atoms with Crippen LogP contribution in [0.4, 0.5) is 60.4 Å². The predicted molar refractivity (Wildman–Crippen MR) is 522 cm³/mol. The minimum atomic E-state index is -0.766. The predicted octanol–water partition coefficient (Wildman–Crippen LogP) is 30.9. The summed E-state index contributed by atoms with van der Waals surface area (Å²) in [4.78, 5) is 35.3. The molecular weight excluding hydrogens is 2180 g/mol. The molecule has 6 heterocycles. The Morgan fingerprint density at radius 2 is 0.659 bits per heavy atom. The summed E-state index contributed by atoms with van der Waals surface area (Å²) in [6, 6.07) is 99.3. The zero-order chi connectivity index (χ0) is 89.8. The number of fused-ring (bicyclic) bond motifs is 9. The molecule has 0 unspecified atom stereocenters. The van der Waals surface area contributed by atoms with Crippen molar-refractivity contribution >= 4 is 51.6 Å². The Morgan fingerprint density at radius 3 is 1.03 bits per heavy atom. The number of unbranched alkanes of at least 4 members (excludes halogenated alkanes) is 6. The average Bonchev–Trinajstić information content (AvgIpc) is 1.57. The first-order chi connectivity index (χ1) is 62.9. The van der Waals surface area contributed by atoms with Crippen LogP contribution in [0.15, 0.2) is 292 Å². The molecule has 132 heavy (non-hydrogen) atoms. The third-order valence-corrected chi connectivity index (χ3v) is 26.0. The minimum absolute atomic E-state index is 0. The largest absolute Gasteiger partial charge is 0.507 e. The van der Waals surface area contributed by atoms with Crippen molar-refractivity contribution in [1.29, 1.82) is 0 Å². The van der Waals surface area contributed by atoms with Crippen LogP contribution in [0.25, 0.3) is 67.5 Å². The molecule has 0 atom stereocenters. The van der Waals surface area contributed by atoms with E-state index >= 15 is 8.78 Å². The normalized spacial score (nSPS) is 12.8. The number of benzene rings is 9. The monoisotopic (exact) mass is 2290 g/mol. The van der Waals surface area contributed by atoms with Crippen molar-refractivity contribution in [3.8, 4) is 84.8 Å². The molecule has 3 N–H and O–H groups in total. The van der Waals surface area contributed by atoms with Gasteiger partial charge < -0.3 is 30.0 Å². The summed E-state index contributed by atoms with van der Waals surface area (Å²) < 4.78 is 31.2. The van der Waals surface area contributed by atoms with Crippen molar-refractivity contribution in [3.63, 3.8) is 0 Å². The summed E-state index contributed by atoms with van der Waals surface area (Å²) in [5, 5.41) is 33.4. The summed E-state index contributed by atoms with van der Waals surface area (Å²) in [7, 11) is 0. The Labute approximate surface area is 821 Å². The first-order valence-electron chi connectivity index (χ1n) is 46.3. The molecule has 17 heteroatoms. The first-order valence-corrected chi connectivity index (χ1v) is 46.3. The molecule has 684 valence electrons. The molecule has 12 nitrogen and oxygen atoms in total. The quantitative estimate of drug-likeness (QED) is 0.0368. The summed E-state index contributed by atoms with van der Waals surface area (Å²) in [5.41, 5.74) is 21.1. The van der Waals surface area contributed by atoms with E-state index in [1.165, 1.54) is 27.8 Å². The molecule has 18 rings (SSSR count). The smallest absolute Gasteiger partial charge is 0.136 e. The van der Waals surface area contributed by atoms with E-state index in [1.54, 1.807) is 47.5 Å². The number of halogens is 2. The second kappa shape index (κ2) is 44.0. The van der Waals surface area contributed by atoms with Gasteiger partial charge in [0.1, 0.15) is 34.7 Å². The van der Waals surface area contributed by atoms with Gasteiger partial charge in [-0.1, -0.05) is 291 Å². The van der Waals surface area contributed by atoms with Crippen molar-refractivity contribution in [2.75, 3.05) is 14.7 Å². The Kier molecular flexibility index (Phi) is 32.7. The van der Waals surface area contributed by atoms with Crippen LogP contribution < -0.4 is 14.7 Å². The molecule has 0 spiro atoms. The molecule has 9 aromatic carbocycles. The maximum atomic E-state index is 15.6. The topological polar surface area (TPSA) is 148 Å². The summed E-state index contributed by atoms with van der Waals surface area (Å²) >= 11 is 0. The average molecular weight is 2290 g/mol. The zero-order valence-corrected chi connectivity index (χ0v) is 83.3. The van der Waals surface area contributed by atoms with Crippen LogP contribution in [-0.2, 0) is 84.9 Å². The maximum Gasteiger partial charge on any atom is 0.136 e. The van der Waals surface area contributed by atoms with Crippen LogP contribution in [0.1, 0.15) is 217 Å². The van der Waals surface area contributed by atoms with Gasteiger partial charge in [0.05, 0.1) is 22.9 Å². The van der Waals surface area contributed by atoms with E-state index < -0.39 is 11.6 Å². The van der Waals surface area contributed by atoms with Crippen molar-refractivity contribution in [3.05, 3.63) is 360 Å². The standard InChI is InChI=1S/C41H44N3O.C37H34F2N3O.C37H36N3O.3Pt/c1-6-8-24-41(25-9-7-2)33-19-14-20-36(45)38(33)39-34(41)21-22-35(43-39)29-15-13-18-32(27-29)44(31-16-11-10-12-17-31)37-28-30(23-26-42-37)40(3,4)5;1-3-5-20-37(21-6-4-2)27-15-12-16-33(43)35(27)36-28(37)18-19-31(41-36)26-23-32(30(39)24-29(26)38)42(25-13-8-7-9-14-25)34-17-10-11-22-40-34;1-3-5-23-37(24-6-4-2)30-18-13-19-33(41)35(30)36-31(37)21-22-32(39-36)27-14-12-17-29(26-27)40(28-15-8-7-9-16-28)34-20-10-11-25-38-34;;;/h10-23,26,28,45H,6-9,24-25H2,1-5H3;7-19,22,24,43H,3-6,20-21H2,1-2H3;7-22,25,41H,3-6,23-24H2,1-2H3;;;/q3*-1;;;. The SMILES string of the molecule is CCCCC1(CCCC)c2ccc(-c3[c-]c(N(c4ccccc4)c4cc(C(C)(C)C)ccn4)ccc3)nc2-c2c(O)cccc21.CCCCC1(CCCC)c2ccc(-c3[c-]c(N(c4ccccc4)c4ccccn4)c(F)cc3F)nc2-c2c(O)cccc21.CCCCC1(CCCC)c2ccc(-c3[c-]c(N(c4ccccc4)c4ccccn4)ccc3)nc2-c2c(O)cccc21.[Pt].[Pt].[Pt]. The molecule has 0 fully saturated rings. The van der Waals surface area contributed by atoms with Crippen molar-refractivity contribution in [1.82, 2.24) is 29.9 Å². The van der Waals surface area contributed by atoms with Crippen LogP contribution in [0.5, 0.6) is 17.2 Å². The Bertz CT molecular complexity index is 6300. The molecule has 0 aliphatic heterocycles. The van der Waals surface area contributed by atoms with E-state index in [-0.39, 0.29) is 102 Å². The molecule has 3 aliphatic carbocycles. The second-order valence-corrected chi connectivity index (χ2v) is 35.4. The number of hydrogen-bond donors (Lipinski definition) is 3. The van der Waals surface area contributed by atoms with Gasteiger partial charge in [-0.2, -0.15) is 0 Å². The van der Waals surface area contributed by atoms with Gasteiger partial charge in [0, 0.05) is 138 Å². The van der Waals surface area contributed by atoms with Gasteiger partial charge in [-0.05, 0) is 208 Å². The maximum absolute atomic E-state index is 15.6. The fourth-order valence-electron chi connectivity index (χ4n) is 19.6. The molecule has 0 amide bonds. The van der Waals surface area contributed by atoms with E-state index in [4.69, 9.17) is 19.9 Å². The van der Waals surface area contributed by atoms with Crippen LogP contribution in [0, 0.1) is 29.8 Å². The van der Waals surface area contributed by atoms with E-state index in [1.807, 2.05) is 122 Å². The minimum Gasteiger partial charge on any atom is -0.507 e. The van der Waals surface area contributed by atoms with Gasteiger partial charge in [0.15, 0.2) is 0 Å². The molecule has 0 radical (unpaired) electrons. The summed E-state index contributed by atoms with van der Waals surface area (Å²) in [6.45, 7) is 20.0. The molecule has 15 aromatic rings. The van der Waals surface area contributed by atoms with E-state index in [0.29, 0.717) is 40.0 Å². The van der Waals surface area contributed by atoms with Gasteiger partial charge in [0.25, 0.3) is 0 Å². The van der Waals surface area contributed by atoms with Crippen LogP contribution in [-0.4, -0.2) is 45.2 Å². The summed E-state index contributed by atoms with van der Waals surface area (Å²) in [6.07, 6.45) is 24.7. The molecule has 0 bridgehead atoms. The Morgan fingerprint density at radius 1 is 0.318 bits per heavy atom. The molecule has 6 aromatic heterocycles. The zero-order valence-electron chi connectivity index (χ0n) is 76.5. The van der Waals surface area contributed by atoms with Crippen LogP contribution >= 0.6 is 0 Å². The van der Waals surface area contributed by atoms with Crippen LogP contribution in [0.3, 0.4) is 0 Å². The number of hydrogen-bond acceptors (Lipinski definition) is 12. The number of anilines is 9. The molecule has 0 saturated heterocycles.